The van der Waals surface area contributed by atoms with Gasteiger partial charge in [-0.15, -0.1) is 0 Å². The summed E-state index contributed by atoms with van der Waals surface area (Å²) in [6.45, 7) is 0.286. The Morgan fingerprint density at radius 2 is 1.81 bits per heavy atom. The molecule has 1 aromatic carbocycles. The number of rotatable bonds is 6. The number of pyridine rings is 1. The monoisotopic (exact) mass is 288 g/mol. The second-order valence-electron chi connectivity index (χ2n) is 4.65. The van der Waals surface area contributed by atoms with Crippen molar-refractivity contribution in [1.82, 2.24) is 4.98 Å². The minimum atomic E-state index is -0.842. The molecule has 1 aromatic heterocycles. The SMILES string of the molecule is COc1cccc(OC)c1C(O)C(CN)c1cccnc1. The molecule has 0 bridgehead atoms. The van der Waals surface area contributed by atoms with Crippen LogP contribution in [0.2, 0.25) is 0 Å². The number of nitrogens with two attached hydrogens (primary N) is 1. The molecule has 0 aliphatic carbocycles. The van der Waals surface area contributed by atoms with Crippen LogP contribution in [0.4, 0.5) is 0 Å². The highest BCUT2D eigenvalue weighted by Crippen LogP contribution is 2.40. The van der Waals surface area contributed by atoms with Gasteiger partial charge >= 0.3 is 0 Å². The molecule has 2 atom stereocenters. The number of hydrogen-bond donors (Lipinski definition) is 2. The van der Waals surface area contributed by atoms with Crippen molar-refractivity contribution in [3.63, 3.8) is 0 Å². The average molecular weight is 288 g/mol. The lowest BCUT2D eigenvalue weighted by molar-refractivity contribution is 0.140. The van der Waals surface area contributed by atoms with Gasteiger partial charge in [0.05, 0.1) is 25.9 Å². The molecule has 5 heteroatoms. The summed E-state index contributed by atoms with van der Waals surface area (Å²) >= 11 is 0. The third-order valence-electron chi connectivity index (χ3n) is 3.51. The highest BCUT2D eigenvalue weighted by atomic mass is 16.5. The molecule has 0 saturated carbocycles. The van der Waals surface area contributed by atoms with Crippen molar-refractivity contribution < 1.29 is 14.6 Å². The summed E-state index contributed by atoms with van der Waals surface area (Å²) in [6, 6.07) is 9.12. The van der Waals surface area contributed by atoms with Crippen LogP contribution in [-0.4, -0.2) is 30.9 Å². The van der Waals surface area contributed by atoms with Gasteiger partial charge in [0.25, 0.3) is 0 Å². The first kappa shape index (κ1) is 15.3. The standard InChI is InChI=1S/C16H20N2O3/c1-20-13-6-3-7-14(21-2)15(13)16(19)12(9-17)11-5-4-8-18-10-11/h3-8,10,12,16,19H,9,17H2,1-2H3. The van der Waals surface area contributed by atoms with Crippen LogP contribution in [0.5, 0.6) is 11.5 Å². The fourth-order valence-corrected chi connectivity index (χ4v) is 2.42. The first-order chi connectivity index (χ1) is 10.2. The van der Waals surface area contributed by atoms with Crippen molar-refractivity contribution in [1.29, 1.82) is 0 Å². The van der Waals surface area contributed by atoms with Crippen molar-refractivity contribution in [3.05, 3.63) is 53.9 Å². The zero-order valence-electron chi connectivity index (χ0n) is 12.2. The lowest BCUT2D eigenvalue weighted by Gasteiger charge is -2.25. The average Bonchev–Trinajstić information content (AvgIpc) is 2.55. The number of aliphatic hydroxyl groups excluding tert-OH is 1. The van der Waals surface area contributed by atoms with Gasteiger partial charge in [-0.05, 0) is 23.8 Å². The van der Waals surface area contributed by atoms with E-state index in [0.717, 1.165) is 5.56 Å². The number of aliphatic hydroxyl groups is 1. The Kier molecular flexibility index (Phi) is 5.14. The lowest BCUT2D eigenvalue weighted by Crippen LogP contribution is -2.21. The van der Waals surface area contributed by atoms with Crippen LogP contribution < -0.4 is 15.2 Å². The van der Waals surface area contributed by atoms with Gasteiger partial charge in [-0.1, -0.05) is 12.1 Å². The van der Waals surface area contributed by atoms with Crippen LogP contribution in [0.1, 0.15) is 23.1 Å². The van der Waals surface area contributed by atoms with E-state index >= 15 is 0 Å². The summed E-state index contributed by atoms with van der Waals surface area (Å²) in [5, 5.41) is 10.8. The van der Waals surface area contributed by atoms with E-state index in [1.807, 2.05) is 18.2 Å². The van der Waals surface area contributed by atoms with E-state index in [1.54, 1.807) is 38.7 Å². The Labute approximate surface area is 124 Å². The number of ether oxygens (including phenoxy) is 2. The Bertz CT molecular complexity index is 553. The minimum Gasteiger partial charge on any atom is -0.496 e. The van der Waals surface area contributed by atoms with Crippen molar-refractivity contribution in [2.75, 3.05) is 20.8 Å². The van der Waals surface area contributed by atoms with E-state index in [9.17, 15) is 5.11 Å². The highest BCUT2D eigenvalue weighted by Gasteiger charge is 2.27. The predicted molar refractivity (Wildman–Crippen MR) is 80.5 cm³/mol. The molecule has 3 N–H and O–H groups in total. The van der Waals surface area contributed by atoms with E-state index < -0.39 is 6.10 Å². The largest absolute Gasteiger partial charge is 0.496 e. The molecule has 0 fully saturated rings. The first-order valence-corrected chi connectivity index (χ1v) is 6.71. The van der Waals surface area contributed by atoms with Crippen LogP contribution in [0, 0.1) is 0 Å². The maximum absolute atomic E-state index is 10.8. The number of aromatic nitrogens is 1. The summed E-state index contributed by atoms with van der Waals surface area (Å²) < 4.78 is 10.7. The molecule has 2 unspecified atom stereocenters. The number of benzene rings is 1. The van der Waals surface area contributed by atoms with Gasteiger partial charge in [-0.25, -0.2) is 0 Å². The molecule has 2 rings (SSSR count). The van der Waals surface area contributed by atoms with E-state index in [1.165, 1.54) is 0 Å². The van der Waals surface area contributed by atoms with Crippen LogP contribution in [0.15, 0.2) is 42.7 Å². The maximum atomic E-state index is 10.8. The molecular weight excluding hydrogens is 268 g/mol. The molecule has 112 valence electrons. The fraction of sp³-hybridized carbons (Fsp3) is 0.312. The molecule has 0 radical (unpaired) electrons. The molecule has 21 heavy (non-hydrogen) atoms. The van der Waals surface area contributed by atoms with Gasteiger partial charge in [0.1, 0.15) is 11.5 Å². The molecule has 0 spiro atoms. The fourth-order valence-electron chi connectivity index (χ4n) is 2.42. The second-order valence-corrected chi connectivity index (χ2v) is 4.65. The van der Waals surface area contributed by atoms with Crippen LogP contribution >= 0.6 is 0 Å². The van der Waals surface area contributed by atoms with Gasteiger partial charge in [0.15, 0.2) is 0 Å². The first-order valence-electron chi connectivity index (χ1n) is 6.71. The Hall–Kier alpha value is -2.11. The van der Waals surface area contributed by atoms with Crippen molar-refractivity contribution >= 4 is 0 Å². The van der Waals surface area contributed by atoms with Crippen LogP contribution in [0.3, 0.4) is 0 Å². The molecule has 0 saturated heterocycles. The van der Waals surface area contributed by atoms with E-state index in [4.69, 9.17) is 15.2 Å². The molecule has 5 nitrogen and oxygen atoms in total. The Morgan fingerprint density at radius 3 is 2.29 bits per heavy atom. The summed E-state index contributed by atoms with van der Waals surface area (Å²) in [6.07, 6.45) is 2.56. The Morgan fingerprint density at radius 1 is 1.14 bits per heavy atom. The smallest absolute Gasteiger partial charge is 0.128 e. The third-order valence-corrected chi connectivity index (χ3v) is 3.51. The van der Waals surface area contributed by atoms with Gasteiger partial charge in [0.2, 0.25) is 0 Å². The van der Waals surface area contributed by atoms with Gasteiger partial charge in [-0.3, -0.25) is 4.98 Å². The van der Waals surface area contributed by atoms with Gasteiger partial charge < -0.3 is 20.3 Å². The normalized spacial score (nSPS) is 13.5. The van der Waals surface area contributed by atoms with Gasteiger partial charge in [-0.2, -0.15) is 0 Å². The van der Waals surface area contributed by atoms with E-state index in [-0.39, 0.29) is 12.5 Å². The minimum absolute atomic E-state index is 0.286. The molecule has 1 heterocycles. The van der Waals surface area contributed by atoms with E-state index in [0.29, 0.717) is 17.1 Å². The highest BCUT2D eigenvalue weighted by molar-refractivity contribution is 5.47. The number of hydrogen-bond acceptors (Lipinski definition) is 5. The quantitative estimate of drug-likeness (QED) is 0.848. The molecule has 0 amide bonds. The molecule has 0 aliphatic rings. The Balaban J connectivity index is 2.45. The van der Waals surface area contributed by atoms with E-state index in [2.05, 4.69) is 4.98 Å². The molecule has 0 aliphatic heterocycles. The van der Waals surface area contributed by atoms with Crippen LogP contribution in [0.25, 0.3) is 0 Å². The number of nitrogens with zero attached hydrogens (tertiary/aromatic N) is 1. The second kappa shape index (κ2) is 7.06. The zero-order chi connectivity index (χ0) is 15.2. The van der Waals surface area contributed by atoms with Crippen molar-refractivity contribution in [2.24, 2.45) is 5.73 Å². The lowest BCUT2D eigenvalue weighted by atomic mass is 9.89. The number of methoxy groups -OCH3 is 2. The molecule has 2 aromatic rings. The summed E-state index contributed by atoms with van der Waals surface area (Å²) in [5.41, 5.74) is 7.33. The maximum Gasteiger partial charge on any atom is 0.128 e. The zero-order valence-corrected chi connectivity index (χ0v) is 12.2. The van der Waals surface area contributed by atoms with Crippen LogP contribution in [-0.2, 0) is 0 Å². The summed E-state index contributed by atoms with van der Waals surface area (Å²) in [7, 11) is 3.12. The predicted octanol–water partition coefficient (Wildman–Crippen LogP) is 1.87. The van der Waals surface area contributed by atoms with Crippen molar-refractivity contribution in [3.8, 4) is 11.5 Å². The summed E-state index contributed by atoms with van der Waals surface area (Å²) in [5.74, 6) is 0.859. The van der Waals surface area contributed by atoms with Gasteiger partial charge in [0, 0.05) is 24.9 Å². The van der Waals surface area contributed by atoms with Crippen molar-refractivity contribution in [2.45, 2.75) is 12.0 Å². The summed E-state index contributed by atoms with van der Waals surface area (Å²) in [4.78, 5) is 4.09. The third kappa shape index (κ3) is 3.15. The topological polar surface area (TPSA) is 77.6 Å². The molecular formula is C16H20N2O3.